The summed E-state index contributed by atoms with van der Waals surface area (Å²) in [6.45, 7) is 7.95. The lowest BCUT2D eigenvalue weighted by molar-refractivity contribution is -0.694. The van der Waals surface area contributed by atoms with Gasteiger partial charge in [-0.05, 0) is 22.3 Å². The van der Waals surface area contributed by atoms with Gasteiger partial charge in [-0.2, -0.15) is 0 Å². The van der Waals surface area contributed by atoms with Crippen molar-refractivity contribution in [3.63, 3.8) is 0 Å². The van der Waals surface area contributed by atoms with E-state index in [0.717, 1.165) is 26.2 Å². The van der Waals surface area contributed by atoms with Gasteiger partial charge in [-0.1, -0.05) is 84.9 Å². The number of aromatic nitrogens is 4. The molecule has 4 nitrogen and oxygen atoms in total. The fraction of sp³-hybridized carbons (Fsp3) is 0.200. The first-order chi connectivity index (χ1) is 16.7. The second-order valence-electron chi connectivity index (χ2n) is 8.99. The molecule has 34 heavy (non-hydrogen) atoms. The van der Waals surface area contributed by atoms with Gasteiger partial charge in [-0.3, -0.25) is 0 Å². The van der Waals surface area contributed by atoms with E-state index in [1.165, 1.54) is 33.9 Å². The summed E-state index contributed by atoms with van der Waals surface area (Å²) in [6.07, 6.45) is 8.72. The molecule has 0 radical (unpaired) electrons. The fourth-order valence-corrected chi connectivity index (χ4v) is 4.46. The Kier molecular flexibility index (Phi) is 6.39. The lowest BCUT2D eigenvalue weighted by Crippen LogP contribution is -2.36. The number of rotatable bonds is 8. The summed E-state index contributed by atoms with van der Waals surface area (Å²) >= 11 is 0. The topological polar surface area (TPSA) is 17.6 Å². The van der Waals surface area contributed by atoms with Crippen molar-refractivity contribution in [3.8, 4) is 0 Å². The van der Waals surface area contributed by atoms with Crippen molar-refractivity contribution in [2.24, 2.45) is 0 Å². The highest BCUT2D eigenvalue weighted by molar-refractivity contribution is 5.23. The molecular weight excluding hydrogens is 416 g/mol. The smallest absolute Gasteiger partial charge is 0.230 e. The van der Waals surface area contributed by atoms with Gasteiger partial charge in [0.2, 0.25) is 0 Å². The third kappa shape index (κ3) is 5.01. The first-order valence-corrected chi connectivity index (χ1v) is 11.9. The van der Waals surface area contributed by atoms with Crippen molar-refractivity contribution in [2.75, 3.05) is 0 Å². The molecule has 0 saturated heterocycles. The number of nitrogens with zero attached hydrogens (tertiary/aromatic N) is 4. The molecular formula is C30H32N4+2. The standard InChI is InChI=1S/C30H32N4/c1-25-31(21-27-9-5-3-6-10-27)17-19-33(25)23-29-13-15-30(16-14-29)24-34-20-18-32(26(34)2)22-28-11-7-4-8-12-28/h3-20H,21-24H2,1-2H3/q+2. The van der Waals surface area contributed by atoms with Crippen molar-refractivity contribution < 1.29 is 9.13 Å². The lowest BCUT2D eigenvalue weighted by atomic mass is 10.1. The van der Waals surface area contributed by atoms with Gasteiger partial charge in [0.05, 0.1) is 0 Å². The summed E-state index contributed by atoms with van der Waals surface area (Å²) in [5.41, 5.74) is 5.28. The van der Waals surface area contributed by atoms with Gasteiger partial charge < -0.3 is 0 Å². The van der Waals surface area contributed by atoms with E-state index in [9.17, 15) is 0 Å². The van der Waals surface area contributed by atoms with Crippen molar-refractivity contribution in [1.82, 2.24) is 9.13 Å². The Morgan fingerprint density at radius 2 is 0.882 bits per heavy atom. The molecule has 3 aromatic carbocycles. The molecule has 0 saturated carbocycles. The van der Waals surface area contributed by atoms with Crippen LogP contribution in [0.25, 0.3) is 0 Å². The molecule has 170 valence electrons. The molecule has 0 fully saturated rings. The van der Waals surface area contributed by atoms with Crippen LogP contribution in [-0.4, -0.2) is 9.13 Å². The third-order valence-electron chi connectivity index (χ3n) is 6.64. The van der Waals surface area contributed by atoms with Gasteiger partial charge in [-0.25, -0.2) is 18.3 Å². The van der Waals surface area contributed by atoms with E-state index in [1.807, 2.05) is 0 Å². The Labute approximate surface area is 202 Å². The maximum Gasteiger partial charge on any atom is 0.253 e. The maximum absolute atomic E-state index is 2.32. The molecule has 0 atom stereocenters. The molecule has 0 bridgehead atoms. The summed E-state index contributed by atoms with van der Waals surface area (Å²) in [5, 5.41) is 0. The maximum atomic E-state index is 2.32. The summed E-state index contributed by atoms with van der Waals surface area (Å²) in [4.78, 5) is 0. The molecule has 0 aliphatic carbocycles. The van der Waals surface area contributed by atoms with E-state index < -0.39 is 0 Å². The van der Waals surface area contributed by atoms with Crippen molar-refractivity contribution in [3.05, 3.63) is 144 Å². The van der Waals surface area contributed by atoms with Gasteiger partial charge in [0, 0.05) is 13.8 Å². The van der Waals surface area contributed by atoms with Gasteiger partial charge in [0.1, 0.15) is 51.0 Å². The average molecular weight is 449 g/mol. The quantitative estimate of drug-likeness (QED) is 0.307. The predicted molar refractivity (Wildman–Crippen MR) is 134 cm³/mol. The van der Waals surface area contributed by atoms with Crippen LogP contribution in [0.15, 0.2) is 110 Å². The molecule has 0 spiro atoms. The monoisotopic (exact) mass is 448 g/mol. The van der Waals surface area contributed by atoms with Crippen molar-refractivity contribution >= 4 is 0 Å². The number of hydrogen-bond acceptors (Lipinski definition) is 0. The largest absolute Gasteiger partial charge is 0.253 e. The number of imidazole rings is 2. The van der Waals surface area contributed by atoms with Gasteiger partial charge >= 0.3 is 0 Å². The zero-order chi connectivity index (χ0) is 23.3. The van der Waals surface area contributed by atoms with Crippen LogP contribution in [-0.2, 0) is 26.2 Å². The highest BCUT2D eigenvalue weighted by Crippen LogP contribution is 2.11. The van der Waals surface area contributed by atoms with Crippen LogP contribution in [0.1, 0.15) is 33.9 Å². The van der Waals surface area contributed by atoms with E-state index in [0.29, 0.717) is 0 Å². The Morgan fingerprint density at radius 1 is 0.500 bits per heavy atom. The zero-order valence-corrected chi connectivity index (χ0v) is 20.0. The molecule has 2 aromatic heterocycles. The van der Waals surface area contributed by atoms with Crippen molar-refractivity contribution in [1.29, 1.82) is 0 Å². The summed E-state index contributed by atoms with van der Waals surface area (Å²) < 4.78 is 9.26. The van der Waals surface area contributed by atoms with E-state index in [2.05, 4.69) is 142 Å². The molecule has 4 heteroatoms. The van der Waals surface area contributed by atoms with Crippen LogP contribution >= 0.6 is 0 Å². The van der Waals surface area contributed by atoms with Gasteiger partial charge in [0.25, 0.3) is 11.6 Å². The molecule has 0 aliphatic heterocycles. The Balaban J connectivity index is 1.23. The van der Waals surface area contributed by atoms with E-state index in [4.69, 9.17) is 0 Å². The summed E-state index contributed by atoms with van der Waals surface area (Å²) in [5.74, 6) is 2.53. The number of benzene rings is 3. The van der Waals surface area contributed by atoms with E-state index in [-0.39, 0.29) is 0 Å². The Bertz CT molecular complexity index is 1240. The molecule has 5 rings (SSSR count). The lowest BCUT2D eigenvalue weighted by Gasteiger charge is -2.05. The summed E-state index contributed by atoms with van der Waals surface area (Å²) in [6, 6.07) is 30.3. The molecule has 0 unspecified atom stereocenters. The van der Waals surface area contributed by atoms with Crippen LogP contribution in [0.5, 0.6) is 0 Å². The SMILES string of the molecule is Cc1n(Cc2ccc(Cn3cc[n+](Cc4ccccc4)c3C)cc2)cc[n+]1Cc1ccccc1. The Morgan fingerprint density at radius 3 is 1.26 bits per heavy atom. The van der Waals surface area contributed by atoms with Gasteiger partial charge in [-0.15, -0.1) is 0 Å². The predicted octanol–water partition coefficient (Wildman–Crippen LogP) is 4.67. The van der Waals surface area contributed by atoms with E-state index >= 15 is 0 Å². The Hall–Kier alpha value is -3.92. The first kappa shape index (κ1) is 21.9. The second-order valence-corrected chi connectivity index (χ2v) is 8.99. The molecule has 2 heterocycles. The molecule has 0 aliphatic rings. The van der Waals surface area contributed by atoms with Crippen LogP contribution in [0, 0.1) is 13.8 Å². The van der Waals surface area contributed by atoms with Crippen LogP contribution in [0.4, 0.5) is 0 Å². The van der Waals surface area contributed by atoms with Gasteiger partial charge in [0.15, 0.2) is 0 Å². The number of hydrogen-bond donors (Lipinski definition) is 0. The minimum absolute atomic E-state index is 0.882. The highest BCUT2D eigenvalue weighted by atomic mass is 15.1. The van der Waals surface area contributed by atoms with Crippen LogP contribution in [0.3, 0.4) is 0 Å². The minimum Gasteiger partial charge on any atom is -0.230 e. The normalized spacial score (nSPS) is 11.1. The fourth-order valence-electron chi connectivity index (χ4n) is 4.46. The molecule has 0 amide bonds. The van der Waals surface area contributed by atoms with Crippen LogP contribution < -0.4 is 9.13 Å². The average Bonchev–Trinajstić information content (AvgIpc) is 3.38. The highest BCUT2D eigenvalue weighted by Gasteiger charge is 2.15. The third-order valence-corrected chi connectivity index (χ3v) is 6.64. The zero-order valence-electron chi connectivity index (χ0n) is 20.0. The minimum atomic E-state index is 0.882. The van der Waals surface area contributed by atoms with Crippen molar-refractivity contribution in [2.45, 2.75) is 40.0 Å². The molecule has 0 N–H and O–H groups in total. The first-order valence-electron chi connectivity index (χ1n) is 11.9. The molecule has 5 aromatic rings. The van der Waals surface area contributed by atoms with E-state index in [1.54, 1.807) is 0 Å². The second kappa shape index (κ2) is 9.92. The van der Waals surface area contributed by atoms with Crippen LogP contribution in [0.2, 0.25) is 0 Å². The summed E-state index contributed by atoms with van der Waals surface area (Å²) in [7, 11) is 0.